The standard InChI is InChI=1S/C35H45N5O/c41-25-24-40(23-11-21-37-35-28-14-3-7-18-32(28)39-33-19-8-4-15-29(33)35)22-10-9-20-36-34-26-12-1-5-16-30(26)38-31-17-6-2-13-27(31)34/h1,3,5,7,12,14,16,18,41H,2,4,6,8-11,13,15,17,19-25H2,(H,36,38)(H,37,39). The number of hydrogen-bond donors (Lipinski definition) is 3. The Morgan fingerprint density at radius 3 is 1.71 bits per heavy atom. The summed E-state index contributed by atoms with van der Waals surface area (Å²) < 4.78 is 0. The molecule has 2 aliphatic carbocycles. The molecule has 0 spiro atoms. The van der Waals surface area contributed by atoms with Crippen LogP contribution in [0, 0.1) is 0 Å². The summed E-state index contributed by atoms with van der Waals surface area (Å²) in [6.07, 6.45) is 12.7. The molecule has 2 heterocycles. The van der Waals surface area contributed by atoms with Crippen LogP contribution in [-0.4, -0.2) is 59.3 Å². The van der Waals surface area contributed by atoms with Gasteiger partial charge in [0.15, 0.2) is 0 Å². The maximum atomic E-state index is 9.70. The lowest BCUT2D eigenvalue weighted by Crippen LogP contribution is -2.30. The first-order valence-corrected chi connectivity index (χ1v) is 15.9. The Kier molecular flexibility index (Phi) is 9.28. The minimum Gasteiger partial charge on any atom is -0.395 e. The molecule has 3 N–H and O–H groups in total. The fourth-order valence-corrected chi connectivity index (χ4v) is 6.82. The van der Waals surface area contributed by atoms with Crippen molar-refractivity contribution in [1.29, 1.82) is 0 Å². The van der Waals surface area contributed by atoms with E-state index < -0.39 is 0 Å². The van der Waals surface area contributed by atoms with Gasteiger partial charge in [-0.1, -0.05) is 36.4 Å². The highest BCUT2D eigenvalue weighted by Gasteiger charge is 2.19. The molecule has 0 aliphatic heterocycles. The van der Waals surface area contributed by atoms with Crippen LogP contribution in [0.1, 0.15) is 67.5 Å². The molecule has 0 bridgehead atoms. The molecule has 0 radical (unpaired) electrons. The molecule has 2 aromatic heterocycles. The van der Waals surface area contributed by atoms with Crippen LogP contribution >= 0.6 is 0 Å². The van der Waals surface area contributed by atoms with E-state index in [1.54, 1.807) is 0 Å². The second-order valence-electron chi connectivity index (χ2n) is 11.8. The average molecular weight is 552 g/mol. The Hall–Kier alpha value is -3.22. The van der Waals surface area contributed by atoms with E-state index in [9.17, 15) is 5.11 Å². The first-order valence-electron chi connectivity index (χ1n) is 15.9. The summed E-state index contributed by atoms with van der Waals surface area (Å²) in [5, 5.41) is 19.8. The number of anilines is 2. The first-order chi connectivity index (χ1) is 20.3. The van der Waals surface area contributed by atoms with Gasteiger partial charge < -0.3 is 20.6 Å². The van der Waals surface area contributed by atoms with Gasteiger partial charge in [0, 0.05) is 53.2 Å². The van der Waals surface area contributed by atoms with Gasteiger partial charge in [-0.2, -0.15) is 0 Å². The van der Waals surface area contributed by atoms with E-state index in [4.69, 9.17) is 9.97 Å². The molecule has 0 saturated carbocycles. The van der Waals surface area contributed by atoms with Crippen molar-refractivity contribution in [2.75, 3.05) is 50.0 Å². The van der Waals surface area contributed by atoms with E-state index in [1.165, 1.54) is 70.3 Å². The number of aliphatic hydroxyl groups is 1. The van der Waals surface area contributed by atoms with Crippen molar-refractivity contribution in [3.63, 3.8) is 0 Å². The van der Waals surface area contributed by atoms with Gasteiger partial charge in [0.2, 0.25) is 0 Å². The molecule has 216 valence electrons. The second kappa shape index (κ2) is 13.6. The van der Waals surface area contributed by atoms with Crippen molar-refractivity contribution in [2.24, 2.45) is 0 Å². The normalized spacial score (nSPS) is 14.8. The molecule has 0 atom stereocenters. The Labute approximate surface area is 244 Å². The number of fused-ring (bicyclic) bond motifs is 4. The van der Waals surface area contributed by atoms with Gasteiger partial charge in [-0.05, 0) is 107 Å². The summed E-state index contributed by atoms with van der Waals surface area (Å²) in [7, 11) is 0. The van der Waals surface area contributed by atoms with E-state index in [0.717, 1.165) is 88.7 Å². The van der Waals surface area contributed by atoms with E-state index in [0.29, 0.717) is 0 Å². The summed E-state index contributed by atoms with van der Waals surface area (Å²) in [6, 6.07) is 17.1. The first kappa shape index (κ1) is 27.9. The largest absolute Gasteiger partial charge is 0.395 e. The minimum atomic E-state index is 0.212. The molecule has 6 nitrogen and oxygen atoms in total. The second-order valence-corrected chi connectivity index (χ2v) is 11.8. The smallest absolute Gasteiger partial charge is 0.0726 e. The molecule has 2 aromatic carbocycles. The summed E-state index contributed by atoms with van der Waals surface area (Å²) in [6.45, 7) is 4.87. The average Bonchev–Trinajstić information content (AvgIpc) is 3.01. The molecule has 0 saturated heterocycles. The Balaban J connectivity index is 1.00. The van der Waals surface area contributed by atoms with Gasteiger partial charge in [-0.15, -0.1) is 0 Å². The number of aliphatic hydroxyl groups excluding tert-OH is 1. The predicted octanol–water partition coefficient (Wildman–Crippen LogP) is 6.53. The lowest BCUT2D eigenvalue weighted by Gasteiger charge is -2.24. The summed E-state index contributed by atoms with van der Waals surface area (Å²) >= 11 is 0. The fraction of sp³-hybridized carbons (Fsp3) is 0.486. The zero-order valence-corrected chi connectivity index (χ0v) is 24.4. The van der Waals surface area contributed by atoms with Crippen LogP contribution in [0.4, 0.5) is 11.4 Å². The number of pyridine rings is 2. The third-order valence-electron chi connectivity index (χ3n) is 8.91. The molecule has 6 rings (SSSR count). The molecular weight excluding hydrogens is 506 g/mol. The van der Waals surface area contributed by atoms with E-state index in [1.807, 2.05) is 0 Å². The van der Waals surface area contributed by atoms with Crippen LogP contribution in [0.15, 0.2) is 48.5 Å². The molecule has 0 amide bonds. The van der Waals surface area contributed by atoms with Crippen LogP contribution in [-0.2, 0) is 25.7 Å². The van der Waals surface area contributed by atoms with Crippen molar-refractivity contribution in [2.45, 2.75) is 70.6 Å². The summed E-state index contributed by atoms with van der Waals surface area (Å²) in [5.41, 5.74) is 10.3. The van der Waals surface area contributed by atoms with E-state index >= 15 is 0 Å². The van der Waals surface area contributed by atoms with Gasteiger partial charge >= 0.3 is 0 Å². The zero-order chi connectivity index (χ0) is 27.9. The third kappa shape index (κ3) is 6.49. The summed E-state index contributed by atoms with van der Waals surface area (Å²) in [4.78, 5) is 12.4. The minimum absolute atomic E-state index is 0.212. The Morgan fingerprint density at radius 1 is 0.610 bits per heavy atom. The fourth-order valence-electron chi connectivity index (χ4n) is 6.82. The molecule has 4 aromatic rings. The van der Waals surface area contributed by atoms with Gasteiger partial charge in [0.25, 0.3) is 0 Å². The highest BCUT2D eigenvalue weighted by Crippen LogP contribution is 2.34. The number of nitrogens with zero attached hydrogens (tertiary/aromatic N) is 3. The highest BCUT2D eigenvalue weighted by molar-refractivity contribution is 5.94. The maximum Gasteiger partial charge on any atom is 0.0726 e. The van der Waals surface area contributed by atoms with Crippen molar-refractivity contribution in [1.82, 2.24) is 14.9 Å². The lowest BCUT2D eigenvalue weighted by molar-refractivity contribution is 0.193. The number of rotatable bonds is 13. The van der Waals surface area contributed by atoms with Crippen LogP contribution in [0.2, 0.25) is 0 Å². The number of hydrogen-bond acceptors (Lipinski definition) is 6. The topological polar surface area (TPSA) is 73.3 Å². The monoisotopic (exact) mass is 551 g/mol. The molecule has 41 heavy (non-hydrogen) atoms. The molecular formula is C35H45N5O. The van der Waals surface area contributed by atoms with Crippen LogP contribution in [0.5, 0.6) is 0 Å². The predicted molar refractivity (Wildman–Crippen MR) is 171 cm³/mol. The van der Waals surface area contributed by atoms with Gasteiger partial charge in [0.1, 0.15) is 0 Å². The zero-order valence-electron chi connectivity index (χ0n) is 24.4. The number of benzene rings is 2. The van der Waals surface area contributed by atoms with E-state index in [2.05, 4.69) is 64.1 Å². The molecule has 2 aliphatic rings. The number of unbranched alkanes of at least 4 members (excludes halogenated alkanes) is 1. The number of aromatic nitrogens is 2. The van der Waals surface area contributed by atoms with Crippen LogP contribution in [0.25, 0.3) is 21.8 Å². The van der Waals surface area contributed by atoms with Gasteiger partial charge in [0.05, 0.1) is 17.6 Å². The third-order valence-corrected chi connectivity index (χ3v) is 8.91. The maximum absolute atomic E-state index is 9.70. The van der Waals surface area contributed by atoms with Gasteiger partial charge in [-0.25, -0.2) is 0 Å². The Morgan fingerprint density at radius 2 is 1.12 bits per heavy atom. The van der Waals surface area contributed by atoms with Crippen LogP contribution in [0.3, 0.4) is 0 Å². The van der Waals surface area contributed by atoms with Crippen molar-refractivity contribution in [3.05, 3.63) is 71.0 Å². The molecule has 0 fully saturated rings. The molecule has 0 unspecified atom stereocenters. The SMILES string of the molecule is OCCN(CCCCNc1c2c(nc3ccccc13)CCCC2)CCCNc1c2c(nc3ccccc13)CCCC2. The number of para-hydroxylation sites is 2. The van der Waals surface area contributed by atoms with E-state index in [-0.39, 0.29) is 6.61 Å². The van der Waals surface area contributed by atoms with Gasteiger partial charge in [-0.3, -0.25) is 9.97 Å². The van der Waals surface area contributed by atoms with Crippen LogP contribution < -0.4 is 10.6 Å². The number of nitrogens with one attached hydrogen (secondary N) is 2. The summed E-state index contributed by atoms with van der Waals surface area (Å²) in [5.74, 6) is 0. The number of aryl methyl sites for hydroxylation is 2. The van der Waals surface area contributed by atoms with Crippen molar-refractivity contribution < 1.29 is 5.11 Å². The molecule has 6 heteroatoms. The van der Waals surface area contributed by atoms with Crippen molar-refractivity contribution >= 4 is 33.2 Å². The Bertz CT molecular complexity index is 1470. The van der Waals surface area contributed by atoms with Crippen molar-refractivity contribution in [3.8, 4) is 0 Å². The quantitative estimate of drug-likeness (QED) is 0.164. The lowest BCUT2D eigenvalue weighted by atomic mass is 9.92. The highest BCUT2D eigenvalue weighted by atomic mass is 16.3.